The molecule has 1 amide bonds. The van der Waals surface area contributed by atoms with Gasteiger partial charge in [-0.05, 0) is 54.4 Å². The van der Waals surface area contributed by atoms with Gasteiger partial charge in [0.1, 0.15) is 12.4 Å². The molecule has 1 N–H and O–H groups in total. The van der Waals surface area contributed by atoms with Gasteiger partial charge < -0.3 is 4.74 Å². The Morgan fingerprint density at radius 3 is 2.50 bits per heavy atom. The Morgan fingerprint density at radius 1 is 1.00 bits per heavy atom. The van der Waals surface area contributed by atoms with Crippen LogP contribution in [0.15, 0.2) is 84.0 Å². The molecule has 4 heteroatoms. The zero-order valence-corrected chi connectivity index (χ0v) is 14.6. The molecule has 0 saturated heterocycles. The third kappa shape index (κ3) is 5.05. The fourth-order valence-electron chi connectivity index (χ4n) is 2.41. The van der Waals surface area contributed by atoms with Gasteiger partial charge in [-0.25, -0.2) is 5.43 Å². The normalized spacial score (nSPS) is 10.7. The van der Waals surface area contributed by atoms with E-state index < -0.39 is 0 Å². The molecule has 26 heavy (non-hydrogen) atoms. The van der Waals surface area contributed by atoms with Crippen molar-refractivity contribution in [2.24, 2.45) is 5.10 Å². The molecule has 0 fully saturated rings. The van der Waals surface area contributed by atoms with Gasteiger partial charge in [0.15, 0.2) is 0 Å². The van der Waals surface area contributed by atoms with Crippen LogP contribution in [0.4, 0.5) is 0 Å². The molecule has 0 bridgehead atoms. The third-order valence-electron chi connectivity index (χ3n) is 3.79. The average Bonchev–Trinajstić information content (AvgIpc) is 2.68. The monoisotopic (exact) mass is 344 g/mol. The Morgan fingerprint density at radius 2 is 1.77 bits per heavy atom. The lowest BCUT2D eigenvalue weighted by molar-refractivity contribution is 0.0955. The standard InChI is InChI=1S/C22H20N2O2/c1-17-6-5-9-20(14-17)22(25)24-23-15-18-10-12-21(13-11-18)26-16-19-7-3-2-4-8-19/h2-15H,16H2,1H3,(H,24,25)/b23-15+. The fourth-order valence-corrected chi connectivity index (χ4v) is 2.41. The van der Waals surface area contributed by atoms with Crippen LogP contribution in [-0.2, 0) is 6.61 Å². The summed E-state index contributed by atoms with van der Waals surface area (Å²) in [4.78, 5) is 12.0. The molecule has 3 rings (SSSR count). The lowest BCUT2D eigenvalue weighted by atomic mass is 10.1. The van der Waals surface area contributed by atoms with Crippen LogP contribution >= 0.6 is 0 Å². The summed E-state index contributed by atoms with van der Waals surface area (Å²) in [5.41, 5.74) is 6.16. The van der Waals surface area contributed by atoms with Crippen LogP contribution in [0.1, 0.15) is 27.0 Å². The molecule has 3 aromatic carbocycles. The van der Waals surface area contributed by atoms with E-state index in [1.54, 1.807) is 12.3 Å². The minimum Gasteiger partial charge on any atom is -0.489 e. The van der Waals surface area contributed by atoms with Crippen LogP contribution < -0.4 is 10.2 Å². The number of amides is 1. The minimum atomic E-state index is -0.229. The first kappa shape index (κ1) is 17.4. The molecular formula is C22H20N2O2. The average molecular weight is 344 g/mol. The molecule has 3 aromatic rings. The van der Waals surface area contributed by atoms with Crippen molar-refractivity contribution in [1.29, 1.82) is 0 Å². The van der Waals surface area contributed by atoms with Gasteiger partial charge in [0.05, 0.1) is 6.21 Å². The summed E-state index contributed by atoms with van der Waals surface area (Å²) in [6.07, 6.45) is 1.61. The van der Waals surface area contributed by atoms with Gasteiger partial charge in [0.25, 0.3) is 5.91 Å². The lowest BCUT2D eigenvalue weighted by Gasteiger charge is -2.06. The second-order valence-corrected chi connectivity index (χ2v) is 5.91. The van der Waals surface area contributed by atoms with E-state index in [2.05, 4.69) is 10.5 Å². The highest BCUT2D eigenvalue weighted by molar-refractivity contribution is 5.95. The Kier molecular flexibility index (Phi) is 5.78. The molecule has 0 atom stereocenters. The maximum Gasteiger partial charge on any atom is 0.271 e. The maximum atomic E-state index is 12.0. The van der Waals surface area contributed by atoms with E-state index in [0.717, 1.165) is 22.4 Å². The van der Waals surface area contributed by atoms with Crippen LogP contribution in [0.5, 0.6) is 5.75 Å². The van der Waals surface area contributed by atoms with E-state index in [0.29, 0.717) is 12.2 Å². The summed E-state index contributed by atoms with van der Waals surface area (Å²) in [5.74, 6) is 0.558. The number of nitrogens with zero attached hydrogens (tertiary/aromatic N) is 1. The molecule has 0 aliphatic rings. The van der Waals surface area contributed by atoms with Gasteiger partial charge in [-0.1, -0.05) is 48.0 Å². The number of nitrogens with one attached hydrogen (secondary N) is 1. The first-order chi connectivity index (χ1) is 12.7. The first-order valence-corrected chi connectivity index (χ1v) is 8.37. The lowest BCUT2D eigenvalue weighted by Crippen LogP contribution is -2.17. The van der Waals surface area contributed by atoms with Crippen molar-refractivity contribution < 1.29 is 9.53 Å². The minimum absolute atomic E-state index is 0.229. The molecule has 4 nitrogen and oxygen atoms in total. The van der Waals surface area contributed by atoms with Gasteiger partial charge in [-0.3, -0.25) is 4.79 Å². The van der Waals surface area contributed by atoms with Crippen molar-refractivity contribution >= 4 is 12.1 Å². The maximum absolute atomic E-state index is 12.0. The molecule has 130 valence electrons. The van der Waals surface area contributed by atoms with Crippen molar-refractivity contribution in [1.82, 2.24) is 5.43 Å². The number of rotatable bonds is 6. The second kappa shape index (κ2) is 8.62. The van der Waals surface area contributed by atoms with Crippen LogP contribution in [0, 0.1) is 6.92 Å². The summed E-state index contributed by atoms with van der Waals surface area (Å²) in [5, 5.41) is 4.01. The van der Waals surface area contributed by atoms with Gasteiger partial charge in [-0.2, -0.15) is 5.10 Å². The number of ether oxygens (including phenoxy) is 1. The Balaban J connectivity index is 1.52. The Labute approximate surface area is 153 Å². The molecular weight excluding hydrogens is 324 g/mol. The zero-order valence-electron chi connectivity index (χ0n) is 14.6. The predicted molar refractivity (Wildman–Crippen MR) is 103 cm³/mol. The molecule has 0 aliphatic carbocycles. The van der Waals surface area contributed by atoms with E-state index in [-0.39, 0.29) is 5.91 Å². The molecule has 0 aromatic heterocycles. The third-order valence-corrected chi connectivity index (χ3v) is 3.79. The molecule has 0 spiro atoms. The highest BCUT2D eigenvalue weighted by Gasteiger charge is 2.03. The van der Waals surface area contributed by atoms with Gasteiger partial charge >= 0.3 is 0 Å². The van der Waals surface area contributed by atoms with Crippen molar-refractivity contribution in [2.45, 2.75) is 13.5 Å². The number of hydrazone groups is 1. The number of carbonyl (C=O) groups excluding carboxylic acids is 1. The van der Waals surface area contributed by atoms with E-state index in [4.69, 9.17) is 4.74 Å². The summed E-state index contributed by atoms with van der Waals surface area (Å²) in [7, 11) is 0. The van der Waals surface area contributed by atoms with Crippen molar-refractivity contribution in [3.63, 3.8) is 0 Å². The van der Waals surface area contributed by atoms with Crippen LogP contribution in [0.3, 0.4) is 0 Å². The summed E-state index contributed by atoms with van der Waals surface area (Å²) in [6.45, 7) is 2.47. The van der Waals surface area contributed by atoms with E-state index in [1.165, 1.54) is 0 Å². The Bertz CT molecular complexity index is 888. The van der Waals surface area contributed by atoms with Gasteiger partial charge in [-0.15, -0.1) is 0 Å². The van der Waals surface area contributed by atoms with E-state index >= 15 is 0 Å². The van der Waals surface area contributed by atoms with Gasteiger partial charge in [0, 0.05) is 5.56 Å². The summed E-state index contributed by atoms with van der Waals surface area (Å²) < 4.78 is 5.74. The van der Waals surface area contributed by atoms with Crippen molar-refractivity contribution in [2.75, 3.05) is 0 Å². The highest BCUT2D eigenvalue weighted by atomic mass is 16.5. The predicted octanol–water partition coefficient (Wildman–Crippen LogP) is 4.34. The number of hydrogen-bond donors (Lipinski definition) is 1. The number of aryl methyl sites for hydroxylation is 1. The van der Waals surface area contributed by atoms with Gasteiger partial charge in [0.2, 0.25) is 0 Å². The topological polar surface area (TPSA) is 50.7 Å². The van der Waals surface area contributed by atoms with Crippen molar-refractivity contribution in [3.8, 4) is 5.75 Å². The van der Waals surface area contributed by atoms with Crippen LogP contribution in [-0.4, -0.2) is 12.1 Å². The van der Waals surface area contributed by atoms with E-state index in [1.807, 2.05) is 79.7 Å². The smallest absolute Gasteiger partial charge is 0.271 e. The second-order valence-electron chi connectivity index (χ2n) is 5.91. The molecule has 0 aliphatic heterocycles. The molecule has 0 radical (unpaired) electrons. The molecule has 0 saturated carbocycles. The first-order valence-electron chi connectivity index (χ1n) is 8.37. The summed E-state index contributed by atoms with van der Waals surface area (Å²) in [6, 6.07) is 24.9. The summed E-state index contributed by atoms with van der Waals surface area (Å²) >= 11 is 0. The highest BCUT2D eigenvalue weighted by Crippen LogP contribution is 2.13. The van der Waals surface area contributed by atoms with Crippen LogP contribution in [0.25, 0.3) is 0 Å². The number of benzene rings is 3. The zero-order chi connectivity index (χ0) is 18.2. The van der Waals surface area contributed by atoms with E-state index in [9.17, 15) is 4.79 Å². The number of carbonyl (C=O) groups is 1. The molecule has 0 heterocycles. The quantitative estimate of drug-likeness (QED) is 0.534. The van der Waals surface area contributed by atoms with Crippen molar-refractivity contribution in [3.05, 3.63) is 101 Å². The molecule has 0 unspecified atom stereocenters. The number of hydrogen-bond acceptors (Lipinski definition) is 3. The van der Waals surface area contributed by atoms with Crippen LogP contribution in [0.2, 0.25) is 0 Å². The largest absolute Gasteiger partial charge is 0.489 e. The SMILES string of the molecule is Cc1cccc(C(=O)N/N=C/c2ccc(OCc3ccccc3)cc2)c1. The Hall–Kier alpha value is -3.40. The fraction of sp³-hybridized carbons (Fsp3) is 0.0909.